The lowest BCUT2D eigenvalue weighted by molar-refractivity contribution is 0.0767. The van der Waals surface area contributed by atoms with Crippen LogP contribution in [0.2, 0.25) is 39.3 Å². The highest BCUT2D eigenvalue weighted by atomic mass is 32.2. The molecule has 96 valence electrons. The van der Waals surface area contributed by atoms with Crippen molar-refractivity contribution in [3.8, 4) is 0 Å². The highest BCUT2D eigenvalue weighted by molar-refractivity contribution is 7.97. The van der Waals surface area contributed by atoms with Gasteiger partial charge in [-0.2, -0.15) is 0 Å². The predicted molar refractivity (Wildman–Crippen MR) is 78.5 cm³/mol. The Morgan fingerprint density at radius 2 is 1.38 bits per heavy atom. The van der Waals surface area contributed by atoms with E-state index in [1.807, 2.05) is 12.1 Å². The van der Waals surface area contributed by atoms with Gasteiger partial charge in [0, 0.05) is 13.1 Å². The van der Waals surface area contributed by atoms with E-state index < -0.39 is 16.5 Å². The van der Waals surface area contributed by atoms with Crippen LogP contribution in [0.4, 0.5) is 0 Å². The average molecular weight is 279 g/mol. The molecule has 0 aromatic heterocycles. The summed E-state index contributed by atoms with van der Waals surface area (Å²) in [7, 11) is -2.46. The smallest absolute Gasteiger partial charge is 0.125 e. The SMILES string of the molecule is C[Si](C)(C)N(SN1CCOCC1)[Si](C)(C)C. The van der Waals surface area contributed by atoms with Crippen LogP contribution < -0.4 is 0 Å². The number of hydrogen-bond acceptors (Lipinski definition) is 4. The molecule has 0 amide bonds. The second kappa shape index (κ2) is 5.54. The first-order valence-electron chi connectivity index (χ1n) is 6.02. The van der Waals surface area contributed by atoms with Crippen LogP contribution in [0.25, 0.3) is 0 Å². The first-order chi connectivity index (χ1) is 7.21. The molecule has 0 atom stereocenters. The molecule has 1 saturated heterocycles. The van der Waals surface area contributed by atoms with E-state index in [4.69, 9.17) is 4.74 Å². The van der Waals surface area contributed by atoms with Crippen LogP contribution in [0.1, 0.15) is 0 Å². The van der Waals surface area contributed by atoms with Crippen LogP contribution >= 0.6 is 12.1 Å². The van der Waals surface area contributed by atoms with Gasteiger partial charge in [0.15, 0.2) is 0 Å². The summed E-state index contributed by atoms with van der Waals surface area (Å²) in [5.41, 5.74) is 0. The number of hydrogen-bond donors (Lipinski definition) is 0. The molecule has 1 heterocycles. The zero-order valence-electron chi connectivity index (χ0n) is 11.5. The van der Waals surface area contributed by atoms with Crippen molar-refractivity contribution in [3.63, 3.8) is 0 Å². The van der Waals surface area contributed by atoms with Gasteiger partial charge in [-0.3, -0.25) is 3.64 Å². The molecule has 1 aliphatic heterocycles. The van der Waals surface area contributed by atoms with Crippen molar-refractivity contribution >= 4 is 28.6 Å². The topological polar surface area (TPSA) is 15.7 Å². The molecule has 1 aliphatic rings. The highest BCUT2D eigenvalue weighted by Gasteiger charge is 2.36. The molecule has 0 bridgehead atoms. The number of rotatable bonds is 4. The molecule has 0 radical (unpaired) electrons. The lowest BCUT2D eigenvalue weighted by Crippen LogP contribution is -2.56. The van der Waals surface area contributed by atoms with Gasteiger partial charge in [0.2, 0.25) is 0 Å². The predicted octanol–water partition coefficient (Wildman–Crippen LogP) is 2.85. The average Bonchev–Trinajstić information content (AvgIpc) is 2.12. The number of nitrogens with zero attached hydrogens (tertiary/aromatic N) is 2. The fraction of sp³-hybridized carbons (Fsp3) is 1.00. The summed E-state index contributed by atoms with van der Waals surface area (Å²) in [4.78, 5) is 0. The van der Waals surface area contributed by atoms with E-state index >= 15 is 0 Å². The molecule has 1 rings (SSSR count). The van der Waals surface area contributed by atoms with Gasteiger partial charge in [-0.05, 0) is 12.1 Å². The summed E-state index contributed by atoms with van der Waals surface area (Å²) in [6, 6.07) is 0. The van der Waals surface area contributed by atoms with Crippen molar-refractivity contribution in [2.24, 2.45) is 0 Å². The van der Waals surface area contributed by atoms with E-state index in [2.05, 4.69) is 47.2 Å². The maximum atomic E-state index is 5.40. The minimum Gasteiger partial charge on any atom is -0.379 e. The first-order valence-corrected chi connectivity index (χ1v) is 13.6. The van der Waals surface area contributed by atoms with Gasteiger partial charge >= 0.3 is 0 Å². The van der Waals surface area contributed by atoms with Crippen molar-refractivity contribution in [3.05, 3.63) is 0 Å². The summed E-state index contributed by atoms with van der Waals surface area (Å²) in [5, 5.41) is 0. The van der Waals surface area contributed by atoms with Crippen LogP contribution in [-0.4, -0.2) is 50.7 Å². The van der Waals surface area contributed by atoms with E-state index in [0.717, 1.165) is 26.3 Å². The Hall–Kier alpha value is 0.664. The summed E-state index contributed by atoms with van der Waals surface area (Å²) in [5.74, 6) is 0. The molecule has 6 heteroatoms. The minimum absolute atomic E-state index is 0.887. The lowest BCUT2D eigenvalue weighted by atomic mass is 10.5. The van der Waals surface area contributed by atoms with Gasteiger partial charge in [0.1, 0.15) is 16.5 Å². The van der Waals surface area contributed by atoms with Gasteiger partial charge in [-0.15, -0.1) is 0 Å². The molecule has 0 unspecified atom stereocenters. The van der Waals surface area contributed by atoms with Crippen molar-refractivity contribution < 1.29 is 4.74 Å². The van der Waals surface area contributed by atoms with E-state index in [9.17, 15) is 0 Å². The van der Waals surface area contributed by atoms with Crippen molar-refractivity contribution in [1.82, 2.24) is 7.94 Å². The second-order valence-electron chi connectivity index (χ2n) is 6.26. The Morgan fingerprint density at radius 3 is 1.75 bits per heavy atom. The van der Waals surface area contributed by atoms with Gasteiger partial charge in [-0.25, -0.2) is 4.31 Å². The van der Waals surface area contributed by atoms with Crippen LogP contribution in [0.15, 0.2) is 0 Å². The van der Waals surface area contributed by atoms with E-state index in [0.29, 0.717) is 0 Å². The Labute approximate surface area is 107 Å². The summed E-state index contributed by atoms with van der Waals surface area (Å²) < 4.78 is 10.6. The Morgan fingerprint density at radius 1 is 0.938 bits per heavy atom. The summed E-state index contributed by atoms with van der Waals surface area (Å²) in [6.07, 6.45) is 0. The fourth-order valence-electron chi connectivity index (χ4n) is 1.99. The monoisotopic (exact) mass is 278 g/mol. The fourth-order valence-corrected chi connectivity index (χ4v) is 13.2. The third-order valence-electron chi connectivity index (χ3n) is 2.39. The van der Waals surface area contributed by atoms with Crippen LogP contribution in [-0.2, 0) is 4.74 Å². The lowest BCUT2D eigenvalue weighted by Gasteiger charge is -2.44. The molecule has 0 aromatic rings. The zero-order valence-corrected chi connectivity index (χ0v) is 14.4. The largest absolute Gasteiger partial charge is 0.379 e. The van der Waals surface area contributed by atoms with Crippen LogP contribution in [0.5, 0.6) is 0 Å². The number of morpholine rings is 1. The van der Waals surface area contributed by atoms with Gasteiger partial charge in [0.05, 0.1) is 13.2 Å². The minimum atomic E-state index is -1.23. The maximum absolute atomic E-state index is 5.40. The molecule has 16 heavy (non-hydrogen) atoms. The molecular weight excluding hydrogens is 252 g/mol. The Kier molecular flexibility index (Phi) is 5.10. The van der Waals surface area contributed by atoms with Crippen LogP contribution in [0.3, 0.4) is 0 Å². The molecule has 1 fully saturated rings. The first kappa shape index (κ1) is 14.7. The molecule has 0 saturated carbocycles. The third-order valence-corrected chi connectivity index (χ3v) is 13.4. The Bertz CT molecular complexity index is 208. The molecule has 0 aromatic carbocycles. The molecule has 3 nitrogen and oxygen atoms in total. The van der Waals surface area contributed by atoms with Crippen molar-refractivity contribution in [1.29, 1.82) is 0 Å². The van der Waals surface area contributed by atoms with Crippen molar-refractivity contribution in [2.45, 2.75) is 39.3 Å². The molecule has 0 aliphatic carbocycles. The van der Waals surface area contributed by atoms with E-state index in [1.165, 1.54) is 0 Å². The van der Waals surface area contributed by atoms with Gasteiger partial charge in [0.25, 0.3) is 0 Å². The summed E-state index contributed by atoms with van der Waals surface area (Å²) in [6.45, 7) is 18.6. The number of ether oxygens (including phenoxy) is 1. The standard InChI is InChI=1S/C10H26N2OSSi2/c1-15(2,3)12(16(4,5)6)14-11-7-9-13-10-8-11/h7-10H2,1-6H3. The van der Waals surface area contributed by atoms with E-state index in [-0.39, 0.29) is 0 Å². The van der Waals surface area contributed by atoms with Crippen molar-refractivity contribution in [2.75, 3.05) is 26.3 Å². The summed E-state index contributed by atoms with van der Waals surface area (Å²) >= 11 is 1.99. The van der Waals surface area contributed by atoms with Gasteiger partial charge < -0.3 is 4.74 Å². The molecular formula is C10H26N2OSSi2. The maximum Gasteiger partial charge on any atom is 0.125 e. The van der Waals surface area contributed by atoms with E-state index in [1.54, 1.807) is 0 Å². The molecule has 0 N–H and O–H groups in total. The molecule has 0 spiro atoms. The third kappa shape index (κ3) is 4.50. The second-order valence-corrected chi connectivity index (χ2v) is 18.0. The van der Waals surface area contributed by atoms with Crippen LogP contribution in [0, 0.1) is 0 Å². The zero-order chi connectivity index (χ0) is 12.4. The van der Waals surface area contributed by atoms with Gasteiger partial charge in [-0.1, -0.05) is 39.3 Å². The normalized spacial score (nSPS) is 20.4. The quantitative estimate of drug-likeness (QED) is 0.580. The Balaban J connectivity index is 2.63. The highest BCUT2D eigenvalue weighted by Crippen LogP contribution is 2.30.